The van der Waals surface area contributed by atoms with E-state index in [0.717, 1.165) is 51.6 Å². The van der Waals surface area contributed by atoms with Crippen LogP contribution >= 0.6 is 0 Å². The van der Waals surface area contributed by atoms with Crippen LogP contribution in [0, 0.1) is 11.7 Å². The van der Waals surface area contributed by atoms with Gasteiger partial charge in [0.15, 0.2) is 11.6 Å². The molecule has 2 saturated heterocycles. The molecule has 0 bridgehead atoms. The van der Waals surface area contributed by atoms with E-state index < -0.39 is 29.2 Å². The van der Waals surface area contributed by atoms with Crippen molar-refractivity contribution in [3.63, 3.8) is 0 Å². The van der Waals surface area contributed by atoms with Crippen LogP contribution in [0.3, 0.4) is 0 Å². The van der Waals surface area contributed by atoms with Crippen LogP contribution in [0.4, 0.5) is 10.1 Å². The fraction of sp³-hybridized carbons (Fsp3) is 0.593. The molecule has 12 heteroatoms. The summed E-state index contributed by atoms with van der Waals surface area (Å²) in [6.07, 6.45) is 7.57. The van der Waals surface area contributed by atoms with Gasteiger partial charge in [-0.15, -0.1) is 0 Å². The monoisotopic (exact) mass is 547 g/mol. The lowest BCUT2D eigenvalue weighted by molar-refractivity contribution is -0.138. The summed E-state index contributed by atoms with van der Waals surface area (Å²) in [6.45, 7) is 3.00. The van der Waals surface area contributed by atoms with Gasteiger partial charge >= 0.3 is 11.9 Å². The fourth-order valence-electron chi connectivity index (χ4n) is 5.59. The maximum atomic E-state index is 15.3. The molecule has 11 nitrogen and oxygen atoms in total. The number of carboxylic acid groups (broad SMARTS) is 2. The largest absolute Gasteiger partial charge is 0.492 e. The number of ether oxygens (including phenoxy) is 1. The number of anilines is 1. The highest BCUT2D eigenvalue weighted by Crippen LogP contribution is 2.45. The number of aromatic nitrogens is 1. The quantitative estimate of drug-likeness (QED) is 0.292. The fourth-order valence-corrected chi connectivity index (χ4v) is 5.59. The highest BCUT2D eigenvalue weighted by atomic mass is 19.1. The van der Waals surface area contributed by atoms with Crippen molar-refractivity contribution in [2.45, 2.75) is 63.1 Å². The maximum Gasteiger partial charge on any atom is 0.341 e. The number of pyridine rings is 1. The average Bonchev–Trinajstić information content (AvgIpc) is 3.66. The van der Waals surface area contributed by atoms with E-state index in [1.54, 1.807) is 4.57 Å². The molecule has 1 saturated carbocycles. The van der Waals surface area contributed by atoms with Gasteiger partial charge in [-0.1, -0.05) is 6.42 Å². The number of piperidine rings is 1. The zero-order valence-corrected chi connectivity index (χ0v) is 22.2. The van der Waals surface area contributed by atoms with Crippen molar-refractivity contribution in [1.82, 2.24) is 9.88 Å². The summed E-state index contributed by atoms with van der Waals surface area (Å²) >= 11 is 0. The Kier molecular flexibility index (Phi) is 9.08. The number of rotatable bonds is 9. The number of fused-ring (bicyclic) bond motifs is 2. The Bertz CT molecular complexity index is 1270. The molecule has 214 valence electrons. The van der Waals surface area contributed by atoms with Crippen molar-refractivity contribution in [3.05, 3.63) is 33.9 Å². The van der Waals surface area contributed by atoms with Crippen LogP contribution in [0.25, 0.3) is 10.9 Å². The lowest BCUT2D eigenvalue weighted by Crippen LogP contribution is -2.40. The first-order valence-electron chi connectivity index (χ1n) is 13.5. The highest BCUT2D eigenvalue weighted by molar-refractivity contribution is 5.97. The van der Waals surface area contributed by atoms with Crippen LogP contribution in [0.15, 0.2) is 17.1 Å². The standard InChI is InChI=1S/C21H24FN3O4.C6H14N2O2/c1-29-20-17-13(19(26)14(21(27)28)9-25(17)12-4-5-12)7-15(22)18(20)24-8-11-3-2-6-23-16(11)10-24;7-4-2-1-3-5(8)6(9)10/h7,9,11-12,16,23H,2-6,8,10H2,1H3,(H,27,28);5H,1-4,7-8H2,(H,9,10)/t11-,16+;/m0./s1. The Morgan fingerprint density at radius 3 is 2.56 bits per heavy atom. The molecule has 3 fully saturated rings. The molecule has 3 heterocycles. The maximum absolute atomic E-state index is 15.3. The van der Waals surface area contributed by atoms with Crippen molar-refractivity contribution in [3.8, 4) is 5.75 Å². The molecule has 0 radical (unpaired) electrons. The van der Waals surface area contributed by atoms with Crippen LogP contribution in [0.5, 0.6) is 5.75 Å². The van der Waals surface area contributed by atoms with E-state index in [9.17, 15) is 19.5 Å². The minimum atomic E-state index is -1.30. The van der Waals surface area contributed by atoms with Crippen LogP contribution in [-0.2, 0) is 4.79 Å². The zero-order valence-electron chi connectivity index (χ0n) is 22.2. The van der Waals surface area contributed by atoms with Gasteiger partial charge in [-0.2, -0.15) is 0 Å². The van der Waals surface area contributed by atoms with E-state index in [0.29, 0.717) is 48.4 Å². The Morgan fingerprint density at radius 1 is 1.23 bits per heavy atom. The smallest absolute Gasteiger partial charge is 0.341 e. The normalized spacial score (nSPS) is 21.2. The van der Waals surface area contributed by atoms with Gasteiger partial charge in [-0.25, -0.2) is 9.18 Å². The molecule has 3 atom stereocenters. The van der Waals surface area contributed by atoms with Crippen LogP contribution in [0.1, 0.15) is 61.3 Å². The molecule has 1 aliphatic carbocycles. The summed E-state index contributed by atoms with van der Waals surface area (Å²) in [4.78, 5) is 36.5. The van der Waals surface area contributed by atoms with Gasteiger partial charge in [-0.05, 0) is 63.6 Å². The summed E-state index contributed by atoms with van der Waals surface area (Å²) < 4.78 is 22.8. The van der Waals surface area contributed by atoms with Crippen LogP contribution in [-0.4, -0.2) is 72.1 Å². The number of nitrogens with zero attached hydrogens (tertiary/aromatic N) is 2. The Hall–Kier alpha value is -3.22. The second-order valence-corrected chi connectivity index (χ2v) is 10.5. The summed E-state index contributed by atoms with van der Waals surface area (Å²) in [5.74, 6) is -2.00. The third-order valence-corrected chi connectivity index (χ3v) is 7.77. The lowest BCUT2D eigenvalue weighted by Gasteiger charge is -2.25. The predicted molar refractivity (Wildman–Crippen MR) is 145 cm³/mol. The summed E-state index contributed by atoms with van der Waals surface area (Å²) in [5, 5.41) is 21.3. The summed E-state index contributed by atoms with van der Waals surface area (Å²) in [6, 6.07) is 0.900. The van der Waals surface area contributed by atoms with Gasteiger partial charge in [0.1, 0.15) is 17.3 Å². The SMILES string of the molecule is COc1c(N2C[C@@H]3CCCN[C@@H]3C2)c(F)cc2c(=O)c(C(=O)O)cn(C3CC3)c12.NCCCCC(N)C(=O)O. The molecule has 1 aromatic heterocycles. The van der Waals surface area contributed by atoms with Gasteiger partial charge in [0.25, 0.3) is 0 Å². The number of nitrogens with two attached hydrogens (primary N) is 2. The van der Waals surface area contributed by atoms with Crippen molar-refractivity contribution >= 4 is 28.5 Å². The first-order chi connectivity index (χ1) is 18.7. The van der Waals surface area contributed by atoms with Gasteiger partial charge in [0.2, 0.25) is 5.43 Å². The van der Waals surface area contributed by atoms with Crippen LogP contribution in [0.2, 0.25) is 0 Å². The predicted octanol–water partition coefficient (Wildman–Crippen LogP) is 1.90. The third-order valence-electron chi connectivity index (χ3n) is 7.77. The Labute approximate surface area is 225 Å². The Balaban J connectivity index is 0.000000303. The van der Waals surface area contributed by atoms with Gasteiger partial charge < -0.3 is 41.2 Å². The minimum Gasteiger partial charge on any atom is -0.492 e. The van der Waals surface area contributed by atoms with E-state index in [4.69, 9.17) is 21.3 Å². The topological polar surface area (TPSA) is 173 Å². The average molecular weight is 548 g/mol. The number of hydrogen-bond acceptors (Lipinski definition) is 8. The Morgan fingerprint density at radius 2 is 1.97 bits per heavy atom. The van der Waals surface area contributed by atoms with Gasteiger partial charge in [0.05, 0.1) is 18.0 Å². The van der Waals surface area contributed by atoms with Crippen molar-refractivity contribution in [2.75, 3.05) is 38.2 Å². The first kappa shape index (κ1) is 28.8. The highest BCUT2D eigenvalue weighted by Gasteiger charge is 2.38. The van der Waals surface area contributed by atoms with E-state index in [2.05, 4.69) is 5.32 Å². The van der Waals surface area contributed by atoms with E-state index in [1.807, 2.05) is 4.90 Å². The number of aromatic carboxylic acids is 1. The molecule has 3 aliphatic rings. The lowest BCUT2D eigenvalue weighted by atomic mass is 9.94. The third kappa shape index (κ3) is 6.18. The van der Waals surface area contributed by atoms with Crippen molar-refractivity contribution in [2.24, 2.45) is 17.4 Å². The summed E-state index contributed by atoms with van der Waals surface area (Å²) in [7, 11) is 1.48. The molecule has 39 heavy (non-hydrogen) atoms. The van der Waals surface area contributed by atoms with Gasteiger partial charge in [0, 0.05) is 31.4 Å². The van der Waals surface area contributed by atoms with Crippen LogP contribution < -0.4 is 31.8 Å². The second kappa shape index (κ2) is 12.3. The number of methoxy groups -OCH3 is 1. The summed E-state index contributed by atoms with van der Waals surface area (Å²) in [5.41, 5.74) is 10.3. The molecule has 7 N–H and O–H groups in total. The molecule has 1 aromatic carbocycles. The number of aliphatic carboxylic acids is 1. The number of carbonyl (C=O) groups is 2. The molecule has 0 amide bonds. The second-order valence-electron chi connectivity index (χ2n) is 10.5. The molecule has 2 aliphatic heterocycles. The minimum absolute atomic E-state index is 0.0599. The molecular formula is C27H38FN5O6. The molecule has 5 rings (SSSR count). The first-order valence-corrected chi connectivity index (χ1v) is 13.5. The van der Waals surface area contributed by atoms with Crippen molar-refractivity contribution < 1.29 is 28.9 Å². The number of unbranched alkanes of at least 4 members (excludes halogenated alkanes) is 1. The zero-order chi connectivity index (χ0) is 28.3. The number of benzene rings is 1. The van der Waals surface area contributed by atoms with E-state index in [-0.39, 0.29) is 17.0 Å². The van der Waals surface area contributed by atoms with Gasteiger partial charge in [-0.3, -0.25) is 9.59 Å². The van der Waals surface area contributed by atoms with E-state index >= 15 is 4.39 Å². The molecular weight excluding hydrogens is 509 g/mol. The number of carboxylic acids is 2. The number of halogens is 1. The number of hydrogen-bond donors (Lipinski definition) is 5. The molecule has 1 unspecified atom stereocenters. The van der Waals surface area contributed by atoms with E-state index in [1.165, 1.54) is 19.4 Å². The molecule has 0 spiro atoms. The number of nitrogens with one attached hydrogen (secondary N) is 1. The van der Waals surface area contributed by atoms with Crippen molar-refractivity contribution in [1.29, 1.82) is 0 Å². The molecule has 2 aromatic rings.